The number of nitrogens with one attached hydrogen (secondary N) is 1. The van der Waals surface area contributed by atoms with Gasteiger partial charge < -0.3 is 15.1 Å². The fraction of sp³-hybridized carbons (Fsp3) is 0.409. The van der Waals surface area contributed by atoms with Crippen molar-refractivity contribution in [3.05, 3.63) is 64.2 Å². The number of nitro benzene ring substituents is 1. The lowest BCUT2D eigenvalue weighted by Crippen LogP contribution is -2.49. The lowest BCUT2D eigenvalue weighted by Gasteiger charge is -2.37. The number of rotatable bonds is 6. The standard InChI is InChI=1S/C22H28N4O3/c1-16(2)22(27)25-13-11-24(12-14-25)19-9-10-21(26(28)29)20(15-19)23-17(3)18-7-5-4-6-8-18/h4-10,15-17,23H,11-14H2,1-3H3/t17-/m0/s1. The average Bonchev–Trinajstić information content (AvgIpc) is 2.73. The summed E-state index contributed by atoms with van der Waals surface area (Å²) < 4.78 is 0. The Kier molecular flexibility index (Phi) is 6.36. The number of hydrogen-bond donors (Lipinski definition) is 1. The molecular weight excluding hydrogens is 368 g/mol. The predicted molar refractivity (Wildman–Crippen MR) is 115 cm³/mol. The minimum Gasteiger partial charge on any atom is -0.373 e. The SMILES string of the molecule is CC(C)C(=O)N1CCN(c2ccc([N+](=O)[O-])c(N[C@@H](C)c3ccccc3)c2)CC1. The second-order valence-corrected chi connectivity index (χ2v) is 7.70. The molecule has 0 radical (unpaired) electrons. The maximum atomic E-state index is 12.2. The van der Waals surface area contributed by atoms with E-state index in [9.17, 15) is 14.9 Å². The molecule has 0 unspecified atom stereocenters. The van der Waals surface area contributed by atoms with Crippen LogP contribution in [-0.2, 0) is 4.79 Å². The topological polar surface area (TPSA) is 78.7 Å². The quantitative estimate of drug-likeness (QED) is 0.588. The summed E-state index contributed by atoms with van der Waals surface area (Å²) >= 11 is 0. The van der Waals surface area contributed by atoms with Crippen molar-refractivity contribution in [2.45, 2.75) is 26.8 Å². The number of nitro groups is 1. The first-order valence-corrected chi connectivity index (χ1v) is 10.0. The van der Waals surface area contributed by atoms with Crippen LogP contribution >= 0.6 is 0 Å². The van der Waals surface area contributed by atoms with Crippen LogP contribution in [0, 0.1) is 16.0 Å². The molecule has 1 heterocycles. The Morgan fingerprint density at radius 1 is 1.03 bits per heavy atom. The molecule has 1 amide bonds. The largest absolute Gasteiger partial charge is 0.373 e. The van der Waals surface area contributed by atoms with Gasteiger partial charge in [-0.25, -0.2) is 0 Å². The monoisotopic (exact) mass is 396 g/mol. The number of hydrogen-bond acceptors (Lipinski definition) is 5. The Balaban J connectivity index is 1.77. The van der Waals surface area contributed by atoms with E-state index in [-0.39, 0.29) is 28.5 Å². The van der Waals surface area contributed by atoms with Crippen LogP contribution in [0.2, 0.25) is 0 Å². The van der Waals surface area contributed by atoms with Crippen LogP contribution in [0.5, 0.6) is 0 Å². The van der Waals surface area contributed by atoms with Crippen molar-refractivity contribution in [2.75, 3.05) is 36.4 Å². The molecule has 7 nitrogen and oxygen atoms in total. The van der Waals surface area contributed by atoms with E-state index >= 15 is 0 Å². The minimum atomic E-state index is -0.358. The van der Waals surface area contributed by atoms with E-state index < -0.39 is 0 Å². The maximum Gasteiger partial charge on any atom is 0.292 e. The van der Waals surface area contributed by atoms with Crippen molar-refractivity contribution in [2.24, 2.45) is 5.92 Å². The summed E-state index contributed by atoms with van der Waals surface area (Å²) in [4.78, 5) is 27.4. The highest BCUT2D eigenvalue weighted by molar-refractivity contribution is 5.78. The van der Waals surface area contributed by atoms with Gasteiger partial charge in [0.25, 0.3) is 5.69 Å². The van der Waals surface area contributed by atoms with Gasteiger partial charge >= 0.3 is 0 Å². The molecule has 2 aromatic carbocycles. The van der Waals surface area contributed by atoms with Gasteiger partial charge in [-0.3, -0.25) is 14.9 Å². The van der Waals surface area contributed by atoms with Crippen molar-refractivity contribution in [1.29, 1.82) is 0 Å². The summed E-state index contributed by atoms with van der Waals surface area (Å²) in [5.74, 6) is 0.170. The number of benzene rings is 2. The van der Waals surface area contributed by atoms with Crippen LogP contribution in [0.25, 0.3) is 0 Å². The summed E-state index contributed by atoms with van der Waals surface area (Å²) in [5.41, 5.74) is 2.55. The summed E-state index contributed by atoms with van der Waals surface area (Å²) in [6, 6.07) is 15.0. The zero-order valence-corrected chi connectivity index (χ0v) is 17.2. The first-order valence-electron chi connectivity index (χ1n) is 10.0. The molecule has 0 spiro atoms. The molecule has 0 aliphatic carbocycles. The zero-order valence-electron chi connectivity index (χ0n) is 17.2. The van der Waals surface area contributed by atoms with Gasteiger partial charge in [0, 0.05) is 49.9 Å². The third kappa shape index (κ3) is 4.85. The van der Waals surface area contributed by atoms with Crippen molar-refractivity contribution < 1.29 is 9.72 Å². The number of carbonyl (C=O) groups excluding carboxylic acids is 1. The molecule has 1 fully saturated rings. The molecule has 0 aromatic heterocycles. The smallest absolute Gasteiger partial charge is 0.292 e. The second-order valence-electron chi connectivity index (χ2n) is 7.70. The van der Waals surface area contributed by atoms with Crippen LogP contribution in [0.4, 0.5) is 17.1 Å². The first kappa shape index (κ1) is 20.6. The van der Waals surface area contributed by atoms with Crippen molar-refractivity contribution in [1.82, 2.24) is 4.90 Å². The van der Waals surface area contributed by atoms with E-state index in [0.29, 0.717) is 31.9 Å². The number of piperazine rings is 1. The number of amides is 1. The van der Waals surface area contributed by atoms with Crippen LogP contribution in [-0.4, -0.2) is 41.9 Å². The molecule has 1 saturated heterocycles. The van der Waals surface area contributed by atoms with Gasteiger partial charge in [-0.1, -0.05) is 44.2 Å². The van der Waals surface area contributed by atoms with Crippen molar-refractivity contribution >= 4 is 23.0 Å². The molecule has 0 saturated carbocycles. The van der Waals surface area contributed by atoms with Crippen LogP contribution < -0.4 is 10.2 Å². The van der Waals surface area contributed by atoms with E-state index in [1.54, 1.807) is 12.1 Å². The molecule has 3 rings (SSSR count). The van der Waals surface area contributed by atoms with E-state index in [1.165, 1.54) is 0 Å². The van der Waals surface area contributed by atoms with E-state index in [1.807, 2.05) is 62.1 Å². The highest BCUT2D eigenvalue weighted by atomic mass is 16.6. The van der Waals surface area contributed by atoms with Gasteiger partial charge in [-0.2, -0.15) is 0 Å². The van der Waals surface area contributed by atoms with Gasteiger partial charge in [-0.05, 0) is 24.6 Å². The fourth-order valence-electron chi connectivity index (χ4n) is 3.60. The van der Waals surface area contributed by atoms with E-state index in [0.717, 1.165) is 11.3 Å². The fourth-order valence-corrected chi connectivity index (χ4v) is 3.60. The molecule has 7 heteroatoms. The summed E-state index contributed by atoms with van der Waals surface area (Å²) in [6.45, 7) is 8.57. The number of carbonyl (C=O) groups is 1. The number of nitrogens with zero attached hydrogens (tertiary/aromatic N) is 3. The van der Waals surface area contributed by atoms with Crippen molar-refractivity contribution in [3.8, 4) is 0 Å². The molecule has 1 aliphatic rings. The molecule has 1 N–H and O–H groups in total. The highest BCUT2D eigenvalue weighted by Crippen LogP contribution is 2.32. The predicted octanol–water partition coefficient (Wildman–Crippen LogP) is 4.07. The third-order valence-corrected chi connectivity index (χ3v) is 5.30. The minimum absolute atomic E-state index is 0.00352. The highest BCUT2D eigenvalue weighted by Gasteiger charge is 2.24. The van der Waals surface area contributed by atoms with Gasteiger partial charge in [0.1, 0.15) is 5.69 Å². The van der Waals surface area contributed by atoms with Gasteiger partial charge in [-0.15, -0.1) is 0 Å². The second kappa shape index (κ2) is 8.94. The average molecular weight is 396 g/mol. The lowest BCUT2D eigenvalue weighted by atomic mass is 10.1. The molecule has 0 bridgehead atoms. The molecule has 29 heavy (non-hydrogen) atoms. The zero-order chi connectivity index (χ0) is 21.0. The Labute approximate surface area is 171 Å². The Morgan fingerprint density at radius 2 is 1.69 bits per heavy atom. The molecule has 2 aromatic rings. The van der Waals surface area contributed by atoms with Crippen LogP contribution in [0.3, 0.4) is 0 Å². The molecular formula is C22H28N4O3. The summed E-state index contributed by atoms with van der Waals surface area (Å²) in [6.07, 6.45) is 0. The Bertz CT molecular complexity index is 862. The molecule has 1 atom stereocenters. The van der Waals surface area contributed by atoms with E-state index in [2.05, 4.69) is 10.2 Å². The maximum absolute atomic E-state index is 12.2. The number of anilines is 2. The van der Waals surface area contributed by atoms with E-state index in [4.69, 9.17) is 0 Å². The summed E-state index contributed by atoms with van der Waals surface area (Å²) in [5, 5.41) is 14.8. The van der Waals surface area contributed by atoms with Gasteiger partial charge in [0.2, 0.25) is 5.91 Å². The Morgan fingerprint density at radius 3 is 2.28 bits per heavy atom. The van der Waals surface area contributed by atoms with Crippen LogP contribution in [0.15, 0.2) is 48.5 Å². The van der Waals surface area contributed by atoms with Gasteiger partial charge in [0.15, 0.2) is 0 Å². The first-order chi connectivity index (χ1) is 13.9. The molecule has 1 aliphatic heterocycles. The third-order valence-electron chi connectivity index (χ3n) is 5.30. The lowest BCUT2D eigenvalue weighted by molar-refractivity contribution is -0.384. The van der Waals surface area contributed by atoms with Crippen LogP contribution in [0.1, 0.15) is 32.4 Å². The molecule has 154 valence electrons. The van der Waals surface area contributed by atoms with Gasteiger partial charge in [0.05, 0.1) is 4.92 Å². The van der Waals surface area contributed by atoms with Crippen molar-refractivity contribution in [3.63, 3.8) is 0 Å². The Hall–Kier alpha value is -3.09. The summed E-state index contributed by atoms with van der Waals surface area (Å²) in [7, 11) is 0. The normalized spacial score (nSPS) is 15.3.